The Balaban J connectivity index is 1.40. The molecule has 13 nitrogen and oxygen atoms in total. The monoisotopic (exact) mass is 524 g/mol. The van der Waals surface area contributed by atoms with Crippen LogP contribution in [0, 0.1) is 17.8 Å². The minimum Gasteiger partial charge on any atom is -0.387 e. The van der Waals surface area contributed by atoms with Crippen LogP contribution in [0.2, 0.25) is 0 Å². The van der Waals surface area contributed by atoms with Crippen LogP contribution >= 0.6 is 0 Å². The van der Waals surface area contributed by atoms with Gasteiger partial charge in [-0.1, -0.05) is 5.92 Å². The molecule has 1 aliphatic heterocycles. The Bertz CT molecular complexity index is 1430. The number of nitrogens with one attached hydrogen (secondary N) is 1. The highest BCUT2D eigenvalue weighted by molar-refractivity contribution is 5.94. The molecule has 0 radical (unpaired) electrons. The number of likely N-dealkylation sites (N-methyl/N-ethyl adjacent to an activating group) is 1. The van der Waals surface area contributed by atoms with Crippen molar-refractivity contribution in [2.75, 3.05) is 19.3 Å². The molecule has 1 aliphatic carbocycles. The van der Waals surface area contributed by atoms with E-state index < -0.39 is 36.4 Å². The van der Waals surface area contributed by atoms with Crippen molar-refractivity contribution in [3.8, 4) is 11.8 Å². The van der Waals surface area contributed by atoms with Crippen molar-refractivity contribution in [2.45, 2.75) is 49.8 Å². The number of aromatic nitrogens is 5. The number of imidazole rings is 1. The Labute approximate surface area is 215 Å². The van der Waals surface area contributed by atoms with Crippen LogP contribution in [0.3, 0.4) is 0 Å². The van der Waals surface area contributed by atoms with Crippen LogP contribution < -0.4 is 11.1 Å². The van der Waals surface area contributed by atoms with Crippen LogP contribution in [0.1, 0.15) is 41.7 Å². The maximum absolute atomic E-state index is 13.2. The Morgan fingerprint density at radius 3 is 2.71 bits per heavy atom. The van der Waals surface area contributed by atoms with E-state index in [0.717, 1.165) is 25.3 Å². The van der Waals surface area contributed by atoms with Crippen LogP contribution in [0.25, 0.3) is 11.2 Å². The first-order valence-electron chi connectivity index (χ1n) is 11.9. The van der Waals surface area contributed by atoms with Gasteiger partial charge in [0.05, 0.1) is 18.4 Å². The molecule has 0 spiro atoms. The van der Waals surface area contributed by atoms with E-state index in [1.54, 1.807) is 4.90 Å². The van der Waals surface area contributed by atoms with Gasteiger partial charge in [-0.15, -0.1) is 0 Å². The molecular formula is C24H25FN8O5. The van der Waals surface area contributed by atoms with Crippen molar-refractivity contribution >= 4 is 28.8 Å². The quantitative estimate of drug-likeness (QED) is 0.247. The molecule has 2 amide bonds. The molecule has 38 heavy (non-hydrogen) atoms. The van der Waals surface area contributed by atoms with Gasteiger partial charge in [0.25, 0.3) is 11.8 Å². The second-order valence-corrected chi connectivity index (χ2v) is 8.99. The normalized spacial score (nSPS) is 22.9. The molecule has 1 saturated heterocycles. The largest absolute Gasteiger partial charge is 0.387 e. The first-order valence-corrected chi connectivity index (χ1v) is 11.9. The molecular weight excluding hydrogens is 499 g/mol. The van der Waals surface area contributed by atoms with Gasteiger partial charge in [0.1, 0.15) is 17.7 Å². The van der Waals surface area contributed by atoms with Crippen molar-refractivity contribution in [3.63, 3.8) is 0 Å². The lowest BCUT2D eigenvalue weighted by atomic mass is 9.91. The summed E-state index contributed by atoms with van der Waals surface area (Å²) in [4.78, 5) is 42.9. The Kier molecular flexibility index (Phi) is 6.89. The number of halogens is 1. The third-order valence-corrected chi connectivity index (χ3v) is 6.67. The number of hydrogen-bond donors (Lipinski definition) is 4. The number of nitrogen functional groups attached to an aromatic ring is 1. The number of fused-ring (bicyclic) bond motifs is 1. The van der Waals surface area contributed by atoms with Crippen molar-refractivity contribution in [1.82, 2.24) is 34.7 Å². The number of anilines is 1. The van der Waals surface area contributed by atoms with E-state index in [1.165, 1.54) is 30.2 Å². The smallest absolute Gasteiger partial charge is 0.256 e. The van der Waals surface area contributed by atoms with Gasteiger partial charge >= 0.3 is 0 Å². The molecule has 198 valence electrons. The summed E-state index contributed by atoms with van der Waals surface area (Å²) >= 11 is 0. The molecule has 0 bridgehead atoms. The predicted octanol–water partition coefficient (Wildman–Crippen LogP) is -0.646. The summed E-state index contributed by atoms with van der Waals surface area (Å²) < 4.78 is 20.1. The number of amides is 2. The number of hydrogen-bond acceptors (Lipinski definition) is 10. The third kappa shape index (κ3) is 4.62. The molecule has 5 N–H and O–H groups in total. The SMILES string of the molecule is CNC(=O)[C@H]1O[C@@H](n2cnc3c(N)nc(C#CCN(C(=O)c4ccc(F)nc4)C4CCC4)nc32)[C@H](O)[C@@H]1O. The Morgan fingerprint density at radius 2 is 2.05 bits per heavy atom. The van der Waals surface area contributed by atoms with Crippen LogP contribution in [0.4, 0.5) is 10.2 Å². The van der Waals surface area contributed by atoms with E-state index >= 15 is 0 Å². The lowest BCUT2D eigenvalue weighted by Gasteiger charge is -2.36. The summed E-state index contributed by atoms with van der Waals surface area (Å²) in [5.74, 6) is 4.22. The van der Waals surface area contributed by atoms with Crippen molar-refractivity contribution in [1.29, 1.82) is 0 Å². The molecule has 1 saturated carbocycles. The van der Waals surface area contributed by atoms with Gasteiger partial charge in [-0.3, -0.25) is 14.2 Å². The molecule has 5 rings (SSSR count). The highest BCUT2D eigenvalue weighted by Gasteiger charge is 2.47. The van der Waals surface area contributed by atoms with Gasteiger partial charge < -0.3 is 30.9 Å². The van der Waals surface area contributed by atoms with Gasteiger partial charge in [0.15, 0.2) is 23.8 Å². The zero-order valence-corrected chi connectivity index (χ0v) is 20.3. The van der Waals surface area contributed by atoms with E-state index in [0.29, 0.717) is 0 Å². The third-order valence-electron chi connectivity index (χ3n) is 6.67. The van der Waals surface area contributed by atoms with Crippen LogP contribution in [-0.4, -0.2) is 89.4 Å². The second kappa shape index (κ2) is 10.3. The Morgan fingerprint density at radius 1 is 1.26 bits per heavy atom. The van der Waals surface area contributed by atoms with Crippen molar-refractivity contribution < 1.29 is 28.9 Å². The number of carbonyl (C=O) groups is 2. The average molecular weight is 525 g/mol. The maximum Gasteiger partial charge on any atom is 0.256 e. The van der Waals surface area contributed by atoms with Crippen molar-refractivity contribution in [3.05, 3.63) is 42.0 Å². The number of nitrogens with two attached hydrogens (primary N) is 1. The van der Waals surface area contributed by atoms with E-state index in [4.69, 9.17) is 10.5 Å². The van der Waals surface area contributed by atoms with E-state index in [1.807, 2.05) is 0 Å². The molecule has 2 fully saturated rings. The topological polar surface area (TPSA) is 182 Å². The summed E-state index contributed by atoms with van der Waals surface area (Å²) in [6.07, 6.45) is -0.189. The van der Waals surface area contributed by atoms with Gasteiger partial charge in [-0.25, -0.2) is 19.9 Å². The second-order valence-electron chi connectivity index (χ2n) is 8.99. The lowest BCUT2D eigenvalue weighted by Crippen LogP contribution is -2.44. The number of carbonyl (C=O) groups excluding carboxylic acids is 2. The van der Waals surface area contributed by atoms with Crippen LogP contribution in [0.5, 0.6) is 0 Å². The highest BCUT2D eigenvalue weighted by Crippen LogP contribution is 2.32. The summed E-state index contributed by atoms with van der Waals surface area (Å²) in [7, 11) is 1.39. The molecule has 14 heteroatoms. The predicted molar refractivity (Wildman–Crippen MR) is 129 cm³/mol. The Hall–Kier alpha value is -4.19. The number of aliphatic hydroxyl groups is 2. The number of pyridine rings is 1. The lowest BCUT2D eigenvalue weighted by molar-refractivity contribution is -0.137. The van der Waals surface area contributed by atoms with E-state index in [9.17, 15) is 24.2 Å². The van der Waals surface area contributed by atoms with Crippen molar-refractivity contribution in [2.24, 2.45) is 0 Å². The van der Waals surface area contributed by atoms with Gasteiger partial charge in [-0.05, 0) is 37.3 Å². The van der Waals surface area contributed by atoms with E-state index in [-0.39, 0.29) is 46.9 Å². The fraction of sp³-hybridized carbons (Fsp3) is 0.417. The molecule has 4 heterocycles. The maximum atomic E-state index is 13.2. The minimum absolute atomic E-state index is 0.0115. The fourth-order valence-electron chi connectivity index (χ4n) is 4.37. The molecule has 2 aliphatic rings. The summed E-state index contributed by atoms with van der Waals surface area (Å²) in [5.41, 5.74) is 6.73. The molecule has 0 unspecified atom stereocenters. The van der Waals surface area contributed by atoms with E-state index in [2.05, 4.69) is 37.1 Å². The summed E-state index contributed by atoms with van der Waals surface area (Å²) in [6, 6.07) is 2.53. The fourth-order valence-corrected chi connectivity index (χ4v) is 4.37. The molecule has 3 aromatic rings. The first-order chi connectivity index (χ1) is 18.3. The van der Waals surface area contributed by atoms with Gasteiger partial charge in [-0.2, -0.15) is 4.39 Å². The molecule has 0 aromatic carbocycles. The van der Waals surface area contributed by atoms with Crippen LogP contribution in [0.15, 0.2) is 24.7 Å². The molecule has 3 aromatic heterocycles. The molecule has 4 atom stereocenters. The summed E-state index contributed by atoms with van der Waals surface area (Å²) in [6.45, 7) is 0.0753. The van der Waals surface area contributed by atoms with Crippen LogP contribution in [-0.2, 0) is 9.53 Å². The number of aliphatic hydroxyl groups excluding tert-OH is 2. The minimum atomic E-state index is -1.47. The standard InChI is InChI=1S/C24H25FN8O5/c1-27-22(36)19-17(34)18(35)24(38-19)33-11-29-16-20(26)30-15(31-21(16)33)6-3-9-32(13-4-2-5-13)23(37)12-7-8-14(25)28-10-12/h7-8,10-11,13,17-19,24,34-35H,2,4-5,9H2,1H3,(H,27,36)(H2,26,30,31)/t17-,18+,19-,24+/m0/s1. The zero-order valence-electron chi connectivity index (χ0n) is 20.3. The average Bonchev–Trinajstić information content (AvgIpc) is 3.43. The van der Waals surface area contributed by atoms with Gasteiger partial charge in [0, 0.05) is 19.3 Å². The number of nitrogens with zero attached hydrogens (tertiary/aromatic N) is 6. The highest BCUT2D eigenvalue weighted by atomic mass is 19.1. The number of rotatable bonds is 5. The number of ether oxygens (including phenoxy) is 1. The van der Waals surface area contributed by atoms with Gasteiger partial charge in [0.2, 0.25) is 11.8 Å². The first kappa shape index (κ1) is 25.5. The zero-order chi connectivity index (χ0) is 27.0. The summed E-state index contributed by atoms with van der Waals surface area (Å²) in [5, 5.41) is 23.2.